The molecule has 2 heterocycles. The summed E-state index contributed by atoms with van der Waals surface area (Å²) in [5.41, 5.74) is 2.35. The Labute approximate surface area is 199 Å². The highest BCUT2D eigenvalue weighted by atomic mass is 127. The topological polar surface area (TPSA) is 58.1 Å². The van der Waals surface area contributed by atoms with Crippen LogP contribution in [0.3, 0.4) is 0 Å². The maximum Gasteiger partial charge on any atom is 0.191 e. The minimum atomic E-state index is 0. The second kappa shape index (κ2) is 13.4. The number of halogens is 1. The van der Waals surface area contributed by atoms with Crippen LogP contribution in [0.2, 0.25) is 0 Å². The van der Waals surface area contributed by atoms with Crippen LogP contribution in [0, 0.1) is 12.8 Å². The zero-order valence-corrected chi connectivity index (χ0v) is 21.1. The predicted octanol–water partition coefficient (Wildman–Crippen LogP) is 3.57. The van der Waals surface area contributed by atoms with Crippen LogP contribution in [-0.2, 0) is 11.3 Å². The number of benzene rings is 1. The molecule has 1 aromatic rings. The van der Waals surface area contributed by atoms with Crippen LogP contribution >= 0.6 is 24.0 Å². The summed E-state index contributed by atoms with van der Waals surface area (Å²) in [5, 5.41) is 6.91. The third-order valence-electron chi connectivity index (χ3n) is 6.02. The van der Waals surface area contributed by atoms with Crippen molar-refractivity contribution in [2.24, 2.45) is 10.9 Å². The van der Waals surface area contributed by atoms with Gasteiger partial charge in [0.25, 0.3) is 0 Å². The zero-order chi connectivity index (χ0) is 20.5. The molecule has 1 atom stereocenters. The molecule has 1 unspecified atom stereocenters. The molecule has 0 radical (unpaired) electrons. The molecule has 6 nitrogen and oxygen atoms in total. The molecule has 2 fully saturated rings. The second-order valence-electron chi connectivity index (χ2n) is 8.45. The lowest BCUT2D eigenvalue weighted by Crippen LogP contribution is -2.38. The Morgan fingerprint density at radius 1 is 1.23 bits per heavy atom. The second-order valence-corrected chi connectivity index (χ2v) is 8.45. The fraction of sp³-hybridized carbons (Fsp3) is 0.696. The molecule has 0 bridgehead atoms. The number of piperidine rings is 1. The summed E-state index contributed by atoms with van der Waals surface area (Å²) in [6, 6.07) is 6.38. The van der Waals surface area contributed by atoms with Gasteiger partial charge in [-0.3, -0.25) is 4.99 Å². The number of nitrogens with zero attached hydrogens (tertiary/aromatic N) is 2. The van der Waals surface area contributed by atoms with Gasteiger partial charge in [0.2, 0.25) is 0 Å². The fourth-order valence-electron chi connectivity index (χ4n) is 4.05. The summed E-state index contributed by atoms with van der Waals surface area (Å²) in [5.74, 6) is 2.62. The van der Waals surface area contributed by atoms with Crippen LogP contribution in [0.5, 0.6) is 5.75 Å². The van der Waals surface area contributed by atoms with Crippen molar-refractivity contribution in [2.75, 3.05) is 46.9 Å². The van der Waals surface area contributed by atoms with E-state index in [4.69, 9.17) is 9.47 Å². The molecular formula is C23H39IN4O2. The molecule has 2 aliphatic rings. The first-order valence-corrected chi connectivity index (χ1v) is 11.1. The van der Waals surface area contributed by atoms with Gasteiger partial charge in [0.1, 0.15) is 12.4 Å². The largest absolute Gasteiger partial charge is 0.491 e. The lowest BCUT2D eigenvalue weighted by atomic mass is 9.94. The van der Waals surface area contributed by atoms with Crippen molar-refractivity contribution in [1.82, 2.24) is 15.5 Å². The first-order valence-electron chi connectivity index (χ1n) is 11.1. The van der Waals surface area contributed by atoms with Crippen LogP contribution in [0.15, 0.2) is 23.2 Å². The average molecular weight is 530 g/mol. The number of rotatable bonds is 8. The molecule has 2 N–H and O–H groups in total. The van der Waals surface area contributed by atoms with Gasteiger partial charge in [-0.2, -0.15) is 0 Å². The van der Waals surface area contributed by atoms with E-state index in [9.17, 15) is 0 Å². The van der Waals surface area contributed by atoms with E-state index in [1.54, 1.807) is 0 Å². The SMILES string of the molecule is CN=C(NCCC1CCN(C)CC1)NCc1ccc(C)cc1OCC1CCCO1.I. The molecular weight excluding hydrogens is 491 g/mol. The number of aliphatic imine (C=N–C) groups is 1. The highest BCUT2D eigenvalue weighted by Gasteiger charge is 2.18. The number of ether oxygens (including phenoxy) is 2. The normalized spacial score (nSPS) is 20.6. The highest BCUT2D eigenvalue weighted by molar-refractivity contribution is 14.0. The van der Waals surface area contributed by atoms with Crippen molar-refractivity contribution in [3.63, 3.8) is 0 Å². The number of nitrogens with one attached hydrogen (secondary N) is 2. The molecule has 3 rings (SSSR count). The molecule has 2 saturated heterocycles. The van der Waals surface area contributed by atoms with Gasteiger partial charge in [-0.25, -0.2) is 0 Å². The molecule has 1 aromatic carbocycles. The Kier molecular flexibility index (Phi) is 11.2. The monoisotopic (exact) mass is 530 g/mol. The van der Waals surface area contributed by atoms with Crippen molar-refractivity contribution in [2.45, 2.75) is 51.7 Å². The van der Waals surface area contributed by atoms with Crippen LogP contribution in [-0.4, -0.2) is 63.9 Å². The molecule has 0 amide bonds. The summed E-state index contributed by atoms with van der Waals surface area (Å²) in [4.78, 5) is 6.80. The van der Waals surface area contributed by atoms with Crippen molar-refractivity contribution < 1.29 is 9.47 Å². The maximum absolute atomic E-state index is 6.11. The van der Waals surface area contributed by atoms with E-state index in [-0.39, 0.29) is 30.1 Å². The Hall–Kier alpha value is -1.06. The van der Waals surface area contributed by atoms with Crippen LogP contribution in [0.1, 0.15) is 43.2 Å². The standard InChI is InChI=1S/C23H38N4O2.HI/c1-18-6-7-20(22(15-18)29-17-21-5-4-14-28-21)16-26-23(24-2)25-11-8-19-9-12-27(3)13-10-19;/h6-7,15,19,21H,4-5,8-14,16-17H2,1-3H3,(H2,24,25,26);1H. The Balaban J connectivity index is 0.00000320. The smallest absolute Gasteiger partial charge is 0.191 e. The third-order valence-corrected chi connectivity index (χ3v) is 6.02. The Bertz CT molecular complexity index is 657. The van der Waals surface area contributed by atoms with Gasteiger partial charge in [-0.1, -0.05) is 12.1 Å². The molecule has 0 spiro atoms. The van der Waals surface area contributed by atoms with E-state index in [0.717, 1.165) is 49.2 Å². The van der Waals surface area contributed by atoms with E-state index in [2.05, 4.69) is 52.7 Å². The molecule has 0 aliphatic carbocycles. The summed E-state index contributed by atoms with van der Waals surface area (Å²) in [7, 11) is 4.04. The van der Waals surface area contributed by atoms with Gasteiger partial charge in [0, 0.05) is 32.3 Å². The summed E-state index contributed by atoms with van der Waals surface area (Å²) in [6.45, 7) is 7.67. The van der Waals surface area contributed by atoms with Crippen LogP contribution in [0.25, 0.3) is 0 Å². The lowest BCUT2D eigenvalue weighted by molar-refractivity contribution is 0.0676. The van der Waals surface area contributed by atoms with E-state index in [0.29, 0.717) is 13.2 Å². The molecule has 0 aromatic heterocycles. The van der Waals surface area contributed by atoms with Crippen molar-refractivity contribution >= 4 is 29.9 Å². The molecule has 170 valence electrons. The highest BCUT2D eigenvalue weighted by Crippen LogP contribution is 2.22. The van der Waals surface area contributed by atoms with Crippen LogP contribution in [0.4, 0.5) is 0 Å². The van der Waals surface area contributed by atoms with Gasteiger partial charge < -0.3 is 25.0 Å². The first kappa shape index (κ1) is 25.2. The van der Waals surface area contributed by atoms with Gasteiger partial charge >= 0.3 is 0 Å². The predicted molar refractivity (Wildman–Crippen MR) is 134 cm³/mol. The summed E-state index contributed by atoms with van der Waals surface area (Å²) < 4.78 is 11.8. The number of hydrogen-bond donors (Lipinski definition) is 2. The van der Waals surface area contributed by atoms with E-state index < -0.39 is 0 Å². The van der Waals surface area contributed by atoms with Crippen LogP contribution < -0.4 is 15.4 Å². The third kappa shape index (κ3) is 8.23. The maximum atomic E-state index is 6.11. The average Bonchev–Trinajstić information content (AvgIpc) is 3.25. The molecule has 30 heavy (non-hydrogen) atoms. The molecule has 0 saturated carbocycles. The van der Waals surface area contributed by atoms with Gasteiger partial charge in [0.15, 0.2) is 5.96 Å². The van der Waals surface area contributed by atoms with Gasteiger partial charge in [0.05, 0.1) is 6.10 Å². The fourth-order valence-corrected chi connectivity index (χ4v) is 4.05. The van der Waals surface area contributed by atoms with Gasteiger partial charge in [-0.05, 0) is 76.7 Å². The molecule has 2 aliphatic heterocycles. The zero-order valence-electron chi connectivity index (χ0n) is 18.8. The number of likely N-dealkylation sites (tertiary alicyclic amines) is 1. The number of hydrogen-bond acceptors (Lipinski definition) is 4. The minimum Gasteiger partial charge on any atom is -0.491 e. The van der Waals surface area contributed by atoms with Crippen molar-refractivity contribution in [3.8, 4) is 5.75 Å². The lowest BCUT2D eigenvalue weighted by Gasteiger charge is -2.29. The Morgan fingerprint density at radius 3 is 2.73 bits per heavy atom. The minimum absolute atomic E-state index is 0. The number of guanidine groups is 1. The van der Waals surface area contributed by atoms with Gasteiger partial charge in [-0.15, -0.1) is 24.0 Å². The number of aryl methyl sites for hydroxylation is 1. The molecule has 7 heteroatoms. The summed E-state index contributed by atoms with van der Waals surface area (Å²) in [6.07, 6.45) is 6.26. The quantitative estimate of drug-likeness (QED) is 0.306. The van der Waals surface area contributed by atoms with Crippen molar-refractivity contribution in [1.29, 1.82) is 0 Å². The first-order chi connectivity index (χ1) is 14.1. The summed E-state index contributed by atoms with van der Waals surface area (Å²) >= 11 is 0. The van der Waals surface area contributed by atoms with E-state index in [1.807, 2.05) is 7.05 Å². The van der Waals surface area contributed by atoms with E-state index >= 15 is 0 Å². The van der Waals surface area contributed by atoms with E-state index in [1.165, 1.54) is 37.9 Å². The Morgan fingerprint density at radius 2 is 2.03 bits per heavy atom. The van der Waals surface area contributed by atoms with Crippen molar-refractivity contribution in [3.05, 3.63) is 29.3 Å².